The third kappa shape index (κ3) is 3.54. The van der Waals surface area contributed by atoms with Crippen molar-refractivity contribution in [1.82, 2.24) is 0 Å². The highest BCUT2D eigenvalue weighted by atomic mass is 16.6. The van der Waals surface area contributed by atoms with Gasteiger partial charge in [0.05, 0.1) is 17.8 Å². The lowest BCUT2D eigenvalue weighted by molar-refractivity contribution is -0.192. The van der Waals surface area contributed by atoms with Gasteiger partial charge in [-0.1, -0.05) is 104 Å². The minimum absolute atomic E-state index is 0.258. The Labute approximate surface area is 202 Å². The number of Topliss-reactive ketones (excluding diaryl/α,β-unsaturated/α-hetero) is 1. The quantitative estimate of drug-likeness (QED) is 0.403. The first-order valence-electron chi connectivity index (χ1n) is 12.7. The number of carbonyl (C=O) groups excluding carboxylic acids is 1. The maximum atomic E-state index is 13.0. The molecular formula is C31H32O3. The van der Waals surface area contributed by atoms with Crippen LogP contribution in [0.15, 0.2) is 91.0 Å². The third-order valence-electron chi connectivity index (χ3n) is 8.29. The monoisotopic (exact) mass is 452 g/mol. The zero-order valence-electron chi connectivity index (χ0n) is 19.6. The standard InChI is InChI=1S/C31H32O3/c32-28-21-29(20-27-18-10-11-19-30(27,22-28)34-29)23-33-31(24-12-4-1-5-13-24,25-14-6-2-7-15-25)26-16-8-3-9-17-26/h1-9,12-17,27H,10-11,18-23H2/t27?,29-,30-/m0/s1. The Morgan fingerprint density at radius 1 is 0.794 bits per heavy atom. The summed E-state index contributed by atoms with van der Waals surface area (Å²) in [5.74, 6) is 0.805. The predicted molar refractivity (Wildman–Crippen MR) is 133 cm³/mol. The Kier molecular flexibility index (Phi) is 5.43. The molecule has 3 heteroatoms. The highest BCUT2D eigenvalue weighted by Gasteiger charge is 2.61. The van der Waals surface area contributed by atoms with Gasteiger partial charge in [0.25, 0.3) is 0 Å². The van der Waals surface area contributed by atoms with Crippen molar-refractivity contribution in [1.29, 1.82) is 0 Å². The molecule has 0 aromatic heterocycles. The summed E-state index contributed by atoms with van der Waals surface area (Å²) in [5.41, 5.74) is 1.66. The molecule has 0 radical (unpaired) electrons. The van der Waals surface area contributed by atoms with Gasteiger partial charge in [0.15, 0.2) is 0 Å². The molecule has 1 saturated carbocycles. The zero-order chi connectivity index (χ0) is 23.1. The van der Waals surface area contributed by atoms with Crippen LogP contribution < -0.4 is 0 Å². The van der Waals surface area contributed by atoms with Gasteiger partial charge in [0, 0.05) is 12.8 Å². The summed E-state index contributed by atoms with van der Waals surface area (Å²) in [7, 11) is 0. The van der Waals surface area contributed by atoms with E-state index < -0.39 is 11.2 Å². The largest absolute Gasteiger partial charge is 0.365 e. The van der Waals surface area contributed by atoms with Gasteiger partial charge in [0.1, 0.15) is 11.4 Å². The summed E-state index contributed by atoms with van der Waals surface area (Å²) in [4.78, 5) is 13.0. The van der Waals surface area contributed by atoms with Crippen molar-refractivity contribution >= 4 is 5.78 Å². The third-order valence-corrected chi connectivity index (χ3v) is 8.29. The minimum Gasteiger partial charge on any atom is -0.365 e. The van der Waals surface area contributed by atoms with Gasteiger partial charge in [-0.05, 0) is 41.9 Å². The van der Waals surface area contributed by atoms with Crippen molar-refractivity contribution in [3.05, 3.63) is 108 Å². The molecule has 2 saturated heterocycles. The van der Waals surface area contributed by atoms with E-state index in [1.165, 1.54) is 6.42 Å². The van der Waals surface area contributed by atoms with Gasteiger partial charge >= 0.3 is 0 Å². The summed E-state index contributed by atoms with van der Waals surface area (Å²) in [6, 6.07) is 31.4. The molecule has 3 nitrogen and oxygen atoms in total. The van der Waals surface area contributed by atoms with Crippen molar-refractivity contribution in [2.45, 2.75) is 61.7 Å². The topological polar surface area (TPSA) is 35.5 Å². The van der Waals surface area contributed by atoms with Crippen molar-refractivity contribution in [3.8, 4) is 0 Å². The molecule has 3 fully saturated rings. The zero-order valence-corrected chi connectivity index (χ0v) is 19.6. The molecule has 3 aromatic carbocycles. The van der Waals surface area contributed by atoms with E-state index in [4.69, 9.17) is 9.47 Å². The first-order chi connectivity index (χ1) is 16.6. The normalized spacial score (nSPS) is 28.5. The number of ketones is 1. The molecule has 3 aliphatic rings. The van der Waals surface area contributed by atoms with E-state index in [9.17, 15) is 4.79 Å². The van der Waals surface area contributed by atoms with Crippen LogP contribution in [0.25, 0.3) is 0 Å². The van der Waals surface area contributed by atoms with Gasteiger partial charge < -0.3 is 9.47 Å². The fourth-order valence-electron chi connectivity index (χ4n) is 6.91. The molecule has 2 bridgehead atoms. The highest BCUT2D eigenvalue weighted by molar-refractivity contribution is 5.82. The Bertz CT molecular complexity index is 1050. The molecule has 0 N–H and O–H groups in total. The van der Waals surface area contributed by atoms with E-state index in [1.54, 1.807) is 0 Å². The predicted octanol–water partition coefficient (Wildman–Crippen LogP) is 6.45. The fraction of sp³-hybridized carbons (Fsp3) is 0.387. The number of carbonyl (C=O) groups is 1. The second-order valence-electron chi connectivity index (χ2n) is 10.5. The van der Waals surface area contributed by atoms with Crippen molar-refractivity contribution in [3.63, 3.8) is 0 Å². The van der Waals surface area contributed by atoms with Gasteiger partial charge in [-0.3, -0.25) is 4.79 Å². The van der Waals surface area contributed by atoms with Crippen LogP contribution in [0.3, 0.4) is 0 Å². The Morgan fingerprint density at radius 2 is 1.35 bits per heavy atom. The molecule has 34 heavy (non-hydrogen) atoms. The SMILES string of the molecule is O=C1C[C@]2(COC(c3ccccc3)(c3ccccc3)c3ccccc3)CC3CCCC[C@@]3(C1)O2. The van der Waals surface area contributed by atoms with Gasteiger partial charge in [-0.15, -0.1) is 0 Å². The molecule has 174 valence electrons. The number of hydrogen-bond acceptors (Lipinski definition) is 3. The summed E-state index contributed by atoms with van der Waals surface area (Å²) in [6.45, 7) is 0.398. The Hall–Kier alpha value is -2.75. The molecule has 1 aliphatic carbocycles. The maximum absolute atomic E-state index is 13.0. The Balaban J connectivity index is 1.44. The van der Waals surface area contributed by atoms with E-state index >= 15 is 0 Å². The second-order valence-corrected chi connectivity index (χ2v) is 10.5. The number of benzene rings is 3. The average molecular weight is 453 g/mol. The van der Waals surface area contributed by atoms with Crippen LogP contribution >= 0.6 is 0 Å². The van der Waals surface area contributed by atoms with E-state index in [0.717, 1.165) is 42.4 Å². The summed E-state index contributed by atoms with van der Waals surface area (Å²) in [5, 5.41) is 0. The molecule has 0 amide bonds. The van der Waals surface area contributed by atoms with Gasteiger partial charge in [0.2, 0.25) is 0 Å². The maximum Gasteiger partial charge on any atom is 0.143 e. The van der Waals surface area contributed by atoms with Crippen LogP contribution in [0.1, 0.15) is 61.6 Å². The van der Waals surface area contributed by atoms with Crippen molar-refractivity contribution in [2.75, 3.05) is 6.61 Å². The lowest BCUT2D eigenvalue weighted by Crippen LogP contribution is -2.50. The highest BCUT2D eigenvalue weighted by Crippen LogP contribution is 2.57. The average Bonchev–Trinajstić information content (AvgIpc) is 3.13. The van der Waals surface area contributed by atoms with Crippen LogP contribution in [0, 0.1) is 5.92 Å². The van der Waals surface area contributed by atoms with Crippen molar-refractivity contribution in [2.24, 2.45) is 5.92 Å². The number of ether oxygens (including phenoxy) is 2. The number of rotatable bonds is 6. The molecule has 1 unspecified atom stereocenters. The smallest absolute Gasteiger partial charge is 0.143 e. The summed E-state index contributed by atoms with van der Waals surface area (Å²) >= 11 is 0. The summed E-state index contributed by atoms with van der Waals surface area (Å²) in [6.07, 6.45) is 6.53. The van der Waals surface area contributed by atoms with Crippen LogP contribution in [0.5, 0.6) is 0 Å². The lowest BCUT2D eigenvalue weighted by atomic mass is 9.73. The number of fused-ring (bicyclic) bond motifs is 1. The van der Waals surface area contributed by atoms with Crippen LogP contribution in [0.2, 0.25) is 0 Å². The van der Waals surface area contributed by atoms with Crippen molar-refractivity contribution < 1.29 is 14.3 Å². The van der Waals surface area contributed by atoms with Crippen LogP contribution in [0.4, 0.5) is 0 Å². The molecule has 3 atom stereocenters. The van der Waals surface area contributed by atoms with Gasteiger partial charge in [-0.2, -0.15) is 0 Å². The molecule has 3 aromatic rings. The van der Waals surface area contributed by atoms with Gasteiger partial charge in [-0.25, -0.2) is 0 Å². The molecule has 2 aliphatic heterocycles. The van der Waals surface area contributed by atoms with E-state index in [0.29, 0.717) is 31.1 Å². The summed E-state index contributed by atoms with van der Waals surface area (Å²) < 4.78 is 14.0. The second kappa shape index (κ2) is 8.48. The van der Waals surface area contributed by atoms with E-state index in [-0.39, 0.29) is 5.60 Å². The molecule has 6 rings (SSSR count). The molecule has 1 spiro atoms. The van der Waals surface area contributed by atoms with Crippen LogP contribution in [-0.4, -0.2) is 23.6 Å². The first-order valence-corrected chi connectivity index (χ1v) is 12.7. The lowest BCUT2D eigenvalue weighted by Gasteiger charge is -2.44. The van der Waals surface area contributed by atoms with E-state index in [2.05, 4.69) is 72.8 Å². The molecular weight excluding hydrogens is 420 g/mol. The Morgan fingerprint density at radius 3 is 1.91 bits per heavy atom. The minimum atomic E-state index is -0.788. The van der Waals surface area contributed by atoms with E-state index in [1.807, 2.05) is 18.2 Å². The number of hydrogen-bond donors (Lipinski definition) is 0. The fourth-order valence-corrected chi connectivity index (χ4v) is 6.91. The first kappa shape index (κ1) is 21.8. The molecule has 2 heterocycles. The van der Waals surface area contributed by atoms with Crippen LogP contribution in [-0.2, 0) is 19.9 Å².